The zero-order valence-corrected chi connectivity index (χ0v) is 5.95. The zero-order valence-electron chi connectivity index (χ0n) is 5.95. The lowest BCUT2D eigenvalue weighted by atomic mass is 10.1. The molecule has 0 atom stereocenters. The number of carboxylic acid groups (broad SMARTS) is 1. The molecule has 1 aromatic rings. The Labute approximate surface area is 64.8 Å². The lowest BCUT2D eigenvalue weighted by Crippen LogP contribution is -1.98. The zero-order chi connectivity index (χ0) is 8.27. The molecule has 56 valence electrons. The number of benzene rings is 1. The van der Waals surface area contributed by atoms with E-state index in [0.29, 0.717) is 11.1 Å². The fraction of sp³-hybridized carbons (Fsp3) is 0. The normalized spacial score (nSPS) is 9.09. The van der Waals surface area contributed by atoms with E-state index in [1.807, 2.05) is 0 Å². The lowest BCUT2D eigenvalue weighted by molar-refractivity contribution is 0.0696. The smallest absolute Gasteiger partial charge is 0.336 e. The van der Waals surface area contributed by atoms with Gasteiger partial charge >= 0.3 is 5.97 Å². The fourth-order valence-electron chi connectivity index (χ4n) is 0.870. The molecule has 0 aliphatic heterocycles. The van der Waals surface area contributed by atoms with Crippen molar-refractivity contribution in [1.29, 1.82) is 0 Å². The molecule has 0 bridgehead atoms. The van der Waals surface area contributed by atoms with Gasteiger partial charge in [0, 0.05) is 0 Å². The molecule has 2 nitrogen and oxygen atoms in total. The van der Waals surface area contributed by atoms with Gasteiger partial charge in [-0.05, 0) is 11.6 Å². The Balaban J connectivity index is 3.22. The van der Waals surface area contributed by atoms with Gasteiger partial charge in [0.1, 0.15) is 0 Å². The van der Waals surface area contributed by atoms with Gasteiger partial charge in [-0.3, -0.25) is 0 Å². The van der Waals surface area contributed by atoms with Crippen molar-refractivity contribution in [2.45, 2.75) is 0 Å². The van der Waals surface area contributed by atoms with Crippen molar-refractivity contribution < 1.29 is 9.90 Å². The number of carbonyl (C=O) groups is 1. The van der Waals surface area contributed by atoms with Crippen LogP contribution in [0.4, 0.5) is 0 Å². The summed E-state index contributed by atoms with van der Waals surface area (Å²) in [4.78, 5) is 10.5. The minimum absolute atomic E-state index is 0.294. The van der Waals surface area contributed by atoms with Crippen molar-refractivity contribution in [3.05, 3.63) is 42.0 Å². The van der Waals surface area contributed by atoms with Gasteiger partial charge < -0.3 is 5.11 Å². The van der Waals surface area contributed by atoms with Gasteiger partial charge in [0.05, 0.1) is 5.56 Å². The Morgan fingerprint density at radius 2 is 2.09 bits per heavy atom. The summed E-state index contributed by atoms with van der Waals surface area (Å²) in [7, 11) is 0. The molecule has 0 radical (unpaired) electrons. The molecule has 1 rings (SSSR count). The third kappa shape index (κ3) is 1.46. The Morgan fingerprint density at radius 1 is 1.45 bits per heavy atom. The van der Waals surface area contributed by atoms with Crippen molar-refractivity contribution in [1.82, 2.24) is 0 Å². The van der Waals surface area contributed by atoms with Crippen LogP contribution in [0.15, 0.2) is 30.8 Å². The van der Waals surface area contributed by atoms with Gasteiger partial charge in [0.25, 0.3) is 0 Å². The minimum Gasteiger partial charge on any atom is -0.478 e. The van der Waals surface area contributed by atoms with Crippen LogP contribution >= 0.6 is 0 Å². The first-order chi connectivity index (χ1) is 5.25. The summed E-state index contributed by atoms with van der Waals surface area (Å²) in [5.41, 5.74) is 0.947. The third-order valence-electron chi connectivity index (χ3n) is 1.41. The van der Waals surface area contributed by atoms with Crippen LogP contribution in [0.2, 0.25) is 0 Å². The van der Waals surface area contributed by atoms with E-state index in [1.54, 1.807) is 24.3 Å². The standard InChI is InChI=1S/C9H8O2/c1-2-7-5-3-4-6-8(7)9(10)11/h2-6H,1H2,(H,10,11). The highest BCUT2D eigenvalue weighted by Gasteiger charge is 2.04. The minimum atomic E-state index is -0.916. The molecule has 0 saturated carbocycles. The topological polar surface area (TPSA) is 37.3 Å². The molecule has 0 fully saturated rings. The van der Waals surface area contributed by atoms with Crippen LogP contribution in [-0.4, -0.2) is 11.1 Å². The van der Waals surface area contributed by atoms with Crippen molar-refractivity contribution >= 4 is 12.0 Å². The molecule has 0 saturated heterocycles. The molecule has 2 heteroatoms. The summed E-state index contributed by atoms with van der Waals surface area (Å²) < 4.78 is 0. The maximum Gasteiger partial charge on any atom is 0.336 e. The number of hydrogen-bond donors (Lipinski definition) is 1. The van der Waals surface area contributed by atoms with Gasteiger partial charge in [-0.25, -0.2) is 4.79 Å². The molecule has 0 aliphatic carbocycles. The van der Waals surface area contributed by atoms with Crippen LogP contribution in [-0.2, 0) is 0 Å². The SMILES string of the molecule is C=Cc1ccccc1C(=O)O. The molecule has 0 unspecified atom stereocenters. The van der Waals surface area contributed by atoms with Crippen LogP contribution < -0.4 is 0 Å². The lowest BCUT2D eigenvalue weighted by Gasteiger charge is -1.97. The summed E-state index contributed by atoms with van der Waals surface area (Å²) in [5.74, 6) is -0.916. The molecule has 0 spiro atoms. The Bertz CT molecular complexity index is 289. The molecule has 0 heterocycles. The molecule has 1 N–H and O–H groups in total. The van der Waals surface area contributed by atoms with E-state index in [4.69, 9.17) is 5.11 Å². The van der Waals surface area contributed by atoms with Gasteiger partial charge in [-0.15, -0.1) is 0 Å². The first kappa shape index (κ1) is 7.54. The number of aromatic carboxylic acids is 1. The van der Waals surface area contributed by atoms with Gasteiger partial charge in [-0.1, -0.05) is 30.9 Å². The van der Waals surface area contributed by atoms with Crippen LogP contribution in [0.5, 0.6) is 0 Å². The number of carboxylic acids is 1. The number of rotatable bonds is 2. The molecule has 0 aliphatic rings. The summed E-state index contributed by atoms with van der Waals surface area (Å²) in [6.45, 7) is 3.51. The molecular formula is C9H8O2. The average Bonchev–Trinajstić information content (AvgIpc) is 2.04. The largest absolute Gasteiger partial charge is 0.478 e. The first-order valence-corrected chi connectivity index (χ1v) is 3.20. The molecule has 0 amide bonds. The highest BCUT2D eigenvalue weighted by atomic mass is 16.4. The van der Waals surface area contributed by atoms with Crippen molar-refractivity contribution in [3.8, 4) is 0 Å². The monoisotopic (exact) mass is 148 g/mol. The van der Waals surface area contributed by atoms with Crippen molar-refractivity contribution in [2.24, 2.45) is 0 Å². The average molecular weight is 148 g/mol. The van der Waals surface area contributed by atoms with E-state index in [2.05, 4.69) is 6.58 Å². The molecule has 1 aromatic carbocycles. The highest BCUT2D eigenvalue weighted by molar-refractivity contribution is 5.91. The van der Waals surface area contributed by atoms with E-state index in [9.17, 15) is 4.79 Å². The van der Waals surface area contributed by atoms with E-state index < -0.39 is 5.97 Å². The van der Waals surface area contributed by atoms with Crippen LogP contribution in [0.25, 0.3) is 6.08 Å². The summed E-state index contributed by atoms with van der Waals surface area (Å²) in [5, 5.41) is 8.65. The Morgan fingerprint density at radius 3 is 2.55 bits per heavy atom. The Hall–Kier alpha value is -1.57. The van der Waals surface area contributed by atoms with E-state index in [0.717, 1.165) is 0 Å². The van der Waals surface area contributed by atoms with Crippen molar-refractivity contribution in [2.75, 3.05) is 0 Å². The van der Waals surface area contributed by atoms with E-state index in [-0.39, 0.29) is 0 Å². The predicted octanol–water partition coefficient (Wildman–Crippen LogP) is 2.03. The second-order valence-electron chi connectivity index (χ2n) is 2.10. The molecular weight excluding hydrogens is 140 g/mol. The highest BCUT2D eigenvalue weighted by Crippen LogP contribution is 2.08. The van der Waals surface area contributed by atoms with Gasteiger partial charge in [0.15, 0.2) is 0 Å². The molecule has 11 heavy (non-hydrogen) atoms. The van der Waals surface area contributed by atoms with Crippen LogP contribution in [0, 0.1) is 0 Å². The van der Waals surface area contributed by atoms with Crippen LogP contribution in [0.3, 0.4) is 0 Å². The fourth-order valence-corrected chi connectivity index (χ4v) is 0.870. The molecule has 0 aromatic heterocycles. The van der Waals surface area contributed by atoms with Crippen LogP contribution in [0.1, 0.15) is 15.9 Å². The van der Waals surface area contributed by atoms with Gasteiger partial charge in [-0.2, -0.15) is 0 Å². The number of hydrogen-bond acceptors (Lipinski definition) is 1. The predicted molar refractivity (Wildman–Crippen MR) is 43.5 cm³/mol. The Kier molecular flexibility index (Phi) is 2.06. The maximum absolute atomic E-state index is 10.5. The second kappa shape index (κ2) is 3.01. The van der Waals surface area contributed by atoms with E-state index >= 15 is 0 Å². The van der Waals surface area contributed by atoms with Gasteiger partial charge in [0.2, 0.25) is 0 Å². The van der Waals surface area contributed by atoms with E-state index in [1.165, 1.54) is 6.08 Å². The van der Waals surface area contributed by atoms with Crippen molar-refractivity contribution in [3.63, 3.8) is 0 Å². The maximum atomic E-state index is 10.5. The third-order valence-corrected chi connectivity index (χ3v) is 1.41. The summed E-state index contributed by atoms with van der Waals surface area (Å²) in [6.07, 6.45) is 1.53. The quantitative estimate of drug-likeness (QED) is 0.696. The summed E-state index contributed by atoms with van der Waals surface area (Å²) >= 11 is 0. The first-order valence-electron chi connectivity index (χ1n) is 3.20. The second-order valence-corrected chi connectivity index (χ2v) is 2.10. The summed E-state index contributed by atoms with van der Waals surface area (Å²) in [6, 6.07) is 6.75.